The molecule has 1 unspecified atom stereocenters. The highest BCUT2D eigenvalue weighted by Gasteiger charge is 2.20. The van der Waals surface area contributed by atoms with Crippen molar-refractivity contribution in [2.75, 3.05) is 28.3 Å². The first-order valence-electron chi connectivity index (χ1n) is 6.29. The van der Waals surface area contributed by atoms with Gasteiger partial charge in [-0.05, 0) is 47.6 Å². The van der Waals surface area contributed by atoms with Crippen LogP contribution in [0.3, 0.4) is 0 Å². The van der Waals surface area contributed by atoms with Crippen LogP contribution in [-0.2, 0) is 11.3 Å². The molecule has 0 radical (unpaired) electrons. The van der Waals surface area contributed by atoms with Gasteiger partial charge in [0.25, 0.3) is 5.91 Å². The van der Waals surface area contributed by atoms with Gasteiger partial charge in [-0.25, -0.2) is 0 Å². The van der Waals surface area contributed by atoms with Crippen molar-refractivity contribution in [2.45, 2.75) is 19.6 Å². The van der Waals surface area contributed by atoms with Crippen LogP contribution in [-0.4, -0.2) is 45.2 Å². The second kappa shape index (κ2) is 7.50. The lowest BCUT2D eigenvalue weighted by Gasteiger charge is -2.21. The fourth-order valence-corrected chi connectivity index (χ4v) is 2.37. The summed E-state index contributed by atoms with van der Waals surface area (Å²) in [5, 5.41) is 3.08. The Labute approximate surface area is 128 Å². The Bertz CT molecular complexity index is 478. The van der Waals surface area contributed by atoms with E-state index in [1.54, 1.807) is 28.1 Å². The Morgan fingerprint density at radius 3 is 2.60 bits per heavy atom. The second-order valence-electron chi connectivity index (χ2n) is 4.63. The van der Waals surface area contributed by atoms with Crippen LogP contribution in [0.4, 0.5) is 0 Å². The molecule has 5 nitrogen and oxygen atoms in total. The number of nitrogens with zero attached hydrogens (tertiary/aromatic N) is 1. The topological polar surface area (TPSA) is 50.8 Å². The summed E-state index contributed by atoms with van der Waals surface area (Å²) in [6.45, 7) is 2.44. The largest absolute Gasteiger partial charge is 0.493 e. The summed E-state index contributed by atoms with van der Waals surface area (Å²) in [5.74, 6) is 1.04. The van der Waals surface area contributed by atoms with Crippen molar-refractivity contribution in [1.82, 2.24) is 10.2 Å². The smallest absolute Gasteiger partial charge is 0.262 e. The van der Waals surface area contributed by atoms with Crippen LogP contribution >= 0.6 is 15.9 Å². The molecule has 1 amide bonds. The molecule has 1 N–H and O–H groups in total. The molecule has 1 atom stereocenters. The molecule has 0 saturated carbocycles. The van der Waals surface area contributed by atoms with E-state index in [1.807, 2.05) is 19.2 Å². The van der Waals surface area contributed by atoms with Gasteiger partial charge in [0, 0.05) is 20.6 Å². The Balaban J connectivity index is 3.02. The molecule has 1 aromatic rings. The zero-order valence-corrected chi connectivity index (χ0v) is 14.1. The van der Waals surface area contributed by atoms with E-state index in [1.165, 1.54) is 4.90 Å². The fraction of sp³-hybridized carbons (Fsp3) is 0.500. The van der Waals surface area contributed by atoms with Gasteiger partial charge in [-0.3, -0.25) is 4.79 Å². The number of halogens is 1. The van der Waals surface area contributed by atoms with E-state index < -0.39 is 6.10 Å². The number of benzene rings is 1. The third kappa shape index (κ3) is 4.11. The first kappa shape index (κ1) is 16.8. The Kier molecular flexibility index (Phi) is 6.29. The van der Waals surface area contributed by atoms with E-state index >= 15 is 0 Å². The molecule has 0 saturated heterocycles. The quantitative estimate of drug-likeness (QED) is 0.857. The maximum atomic E-state index is 11.9. The molecule has 0 aromatic heterocycles. The van der Waals surface area contributed by atoms with Gasteiger partial charge < -0.3 is 19.7 Å². The van der Waals surface area contributed by atoms with Gasteiger partial charge >= 0.3 is 0 Å². The number of carbonyl (C=O) groups is 1. The molecule has 20 heavy (non-hydrogen) atoms. The van der Waals surface area contributed by atoms with Crippen molar-refractivity contribution in [2.24, 2.45) is 0 Å². The van der Waals surface area contributed by atoms with Crippen LogP contribution in [0.1, 0.15) is 12.5 Å². The van der Waals surface area contributed by atoms with Gasteiger partial charge in [0.2, 0.25) is 0 Å². The van der Waals surface area contributed by atoms with E-state index in [2.05, 4.69) is 21.2 Å². The van der Waals surface area contributed by atoms with E-state index in [4.69, 9.17) is 9.47 Å². The van der Waals surface area contributed by atoms with Crippen molar-refractivity contribution in [3.63, 3.8) is 0 Å². The van der Waals surface area contributed by atoms with Crippen molar-refractivity contribution >= 4 is 21.8 Å². The zero-order valence-electron chi connectivity index (χ0n) is 12.5. The van der Waals surface area contributed by atoms with Crippen molar-refractivity contribution in [3.05, 3.63) is 22.2 Å². The van der Waals surface area contributed by atoms with Crippen molar-refractivity contribution in [3.8, 4) is 11.5 Å². The summed E-state index contributed by atoms with van der Waals surface area (Å²) < 4.78 is 11.9. The molecule has 1 rings (SSSR count). The maximum Gasteiger partial charge on any atom is 0.262 e. The summed E-state index contributed by atoms with van der Waals surface area (Å²) in [7, 11) is 6.85. The van der Waals surface area contributed by atoms with Crippen LogP contribution in [0.2, 0.25) is 0 Å². The molecule has 0 bridgehead atoms. The highest BCUT2D eigenvalue weighted by Crippen LogP contribution is 2.37. The van der Waals surface area contributed by atoms with Gasteiger partial charge in [-0.2, -0.15) is 0 Å². The number of carbonyl (C=O) groups excluding carboxylic acids is 1. The Hall–Kier alpha value is -1.27. The minimum Gasteiger partial charge on any atom is -0.493 e. The van der Waals surface area contributed by atoms with Crippen molar-refractivity contribution in [1.29, 1.82) is 0 Å². The molecule has 0 aliphatic heterocycles. The first-order chi connectivity index (χ1) is 9.40. The molecule has 112 valence electrons. The van der Waals surface area contributed by atoms with Crippen LogP contribution in [0.25, 0.3) is 0 Å². The average molecular weight is 345 g/mol. The lowest BCUT2D eigenvalue weighted by Crippen LogP contribution is -2.35. The molecular formula is C14H21BrN2O3. The molecular weight excluding hydrogens is 324 g/mol. The van der Waals surface area contributed by atoms with Gasteiger partial charge in [-0.1, -0.05) is 0 Å². The summed E-state index contributed by atoms with van der Waals surface area (Å²) in [6.07, 6.45) is -0.578. The minimum atomic E-state index is -0.578. The van der Waals surface area contributed by atoms with Gasteiger partial charge in [0.1, 0.15) is 0 Å². The van der Waals surface area contributed by atoms with Crippen LogP contribution in [0.15, 0.2) is 16.6 Å². The number of nitrogens with one attached hydrogen (secondary N) is 1. The molecule has 0 aliphatic carbocycles. The summed E-state index contributed by atoms with van der Waals surface area (Å²) >= 11 is 3.47. The predicted molar refractivity (Wildman–Crippen MR) is 82.2 cm³/mol. The first-order valence-corrected chi connectivity index (χ1v) is 7.08. The predicted octanol–water partition coefficient (Wildman–Crippen LogP) is 2.03. The third-order valence-electron chi connectivity index (χ3n) is 2.75. The van der Waals surface area contributed by atoms with E-state index in [0.717, 1.165) is 16.6 Å². The van der Waals surface area contributed by atoms with Gasteiger partial charge in [0.15, 0.2) is 17.6 Å². The number of hydrogen-bond donors (Lipinski definition) is 1. The Morgan fingerprint density at radius 1 is 1.45 bits per heavy atom. The van der Waals surface area contributed by atoms with Crippen LogP contribution in [0.5, 0.6) is 11.5 Å². The van der Waals surface area contributed by atoms with Gasteiger partial charge in [-0.15, -0.1) is 0 Å². The third-order valence-corrected chi connectivity index (χ3v) is 3.34. The molecule has 1 aromatic carbocycles. The standard InChI is InChI=1S/C14H21BrN2O3/c1-9(14(18)17(3)4)20-13-11(15)6-10(8-16-2)7-12(13)19-5/h6-7,9,16H,8H2,1-5H3. The summed E-state index contributed by atoms with van der Waals surface area (Å²) in [5.41, 5.74) is 1.06. The number of amides is 1. The normalized spacial score (nSPS) is 11.9. The number of methoxy groups -OCH3 is 1. The molecule has 0 fully saturated rings. The van der Waals surface area contributed by atoms with Crippen LogP contribution < -0.4 is 14.8 Å². The SMILES string of the molecule is CNCc1cc(Br)c(OC(C)C(=O)N(C)C)c(OC)c1. The maximum absolute atomic E-state index is 11.9. The molecule has 0 spiro atoms. The number of ether oxygens (including phenoxy) is 2. The van der Waals surface area contributed by atoms with Crippen LogP contribution in [0, 0.1) is 0 Å². The zero-order chi connectivity index (χ0) is 15.3. The van der Waals surface area contributed by atoms with Crippen molar-refractivity contribution < 1.29 is 14.3 Å². The molecule has 0 heterocycles. The van der Waals surface area contributed by atoms with E-state index in [9.17, 15) is 4.79 Å². The monoisotopic (exact) mass is 344 g/mol. The molecule has 0 aliphatic rings. The highest BCUT2D eigenvalue weighted by molar-refractivity contribution is 9.10. The lowest BCUT2D eigenvalue weighted by atomic mass is 10.2. The number of hydrogen-bond acceptors (Lipinski definition) is 4. The summed E-state index contributed by atoms with van der Waals surface area (Å²) in [4.78, 5) is 13.4. The van der Waals surface area contributed by atoms with Gasteiger partial charge in [0.05, 0.1) is 11.6 Å². The summed E-state index contributed by atoms with van der Waals surface area (Å²) in [6, 6.07) is 3.84. The second-order valence-corrected chi connectivity index (χ2v) is 5.49. The minimum absolute atomic E-state index is 0.0988. The molecule has 6 heteroatoms. The fourth-order valence-electron chi connectivity index (χ4n) is 1.78. The number of rotatable bonds is 6. The number of likely N-dealkylation sites (N-methyl/N-ethyl adjacent to an activating group) is 1. The Morgan fingerprint density at radius 2 is 2.10 bits per heavy atom. The van der Waals surface area contributed by atoms with E-state index in [-0.39, 0.29) is 5.91 Å². The lowest BCUT2D eigenvalue weighted by molar-refractivity contribution is -0.135. The average Bonchev–Trinajstić information content (AvgIpc) is 2.40. The highest BCUT2D eigenvalue weighted by atomic mass is 79.9. The van der Waals surface area contributed by atoms with E-state index in [0.29, 0.717) is 11.5 Å².